The van der Waals surface area contributed by atoms with Crippen LogP contribution < -0.4 is 9.62 Å². The molecular formula is C37H42BrN3O4S. The lowest BCUT2D eigenvalue weighted by molar-refractivity contribution is -0.140. The monoisotopic (exact) mass is 703 g/mol. The van der Waals surface area contributed by atoms with Crippen LogP contribution in [0.1, 0.15) is 48.6 Å². The summed E-state index contributed by atoms with van der Waals surface area (Å²) in [5.41, 5.74) is 4.16. The van der Waals surface area contributed by atoms with E-state index < -0.39 is 34.1 Å². The lowest BCUT2D eigenvalue weighted by Crippen LogP contribution is -2.56. The second-order valence-electron chi connectivity index (χ2n) is 12.8. The minimum Gasteiger partial charge on any atom is -0.350 e. The maximum Gasteiger partial charge on any atom is 0.264 e. The van der Waals surface area contributed by atoms with Gasteiger partial charge in [0, 0.05) is 23.0 Å². The van der Waals surface area contributed by atoms with Crippen LogP contribution in [0.4, 0.5) is 5.69 Å². The van der Waals surface area contributed by atoms with Crippen LogP contribution >= 0.6 is 15.9 Å². The summed E-state index contributed by atoms with van der Waals surface area (Å²) in [6.45, 7) is 10.9. The Kier molecular flexibility index (Phi) is 11.1. The van der Waals surface area contributed by atoms with E-state index in [-0.39, 0.29) is 23.8 Å². The predicted octanol–water partition coefficient (Wildman–Crippen LogP) is 7.12. The fourth-order valence-corrected chi connectivity index (χ4v) is 6.92. The third-order valence-corrected chi connectivity index (χ3v) is 9.73. The second kappa shape index (κ2) is 14.6. The number of carbonyl (C=O) groups excluding carboxylic acids is 2. The van der Waals surface area contributed by atoms with Crippen LogP contribution in [0.25, 0.3) is 0 Å². The zero-order chi connectivity index (χ0) is 33.6. The Balaban J connectivity index is 1.84. The molecule has 1 unspecified atom stereocenters. The van der Waals surface area contributed by atoms with Gasteiger partial charge in [-0.15, -0.1) is 0 Å². The fraction of sp³-hybridized carbons (Fsp3) is 0.297. The van der Waals surface area contributed by atoms with Crippen molar-refractivity contribution in [1.29, 1.82) is 0 Å². The number of halogens is 1. The molecular weight excluding hydrogens is 662 g/mol. The molecule has 242 valence electrons. The van der Waals surface area contributed by atoms with Gasteiger partial charge in [0.2, 0.25) is 11.8 Å². The third kappa shape index (κ3) is 9.30. The molecule has 0 bridgehead atoms. The van der Waals surface area contributed by atoms with Crippen molar-refractivity contribution in [2.24, 2.45) is 0 Å². The average molecular weight is 705 g/mol. The molecule has 0 saturated heterocycles. The van der Waals surface area contributed by atoms with E-state index >= 15 is 0 Å². The van der Waals surface area contributed by atoms with Gasteiger partial charge in [0.15, 0.2) is 0 Å². The average Bonchev–Trinajstić information content (AvgIpc) is 2.97. The summed E-state index contributed by atoms with van der Waals surface area (Å²) in [4.78, 5) is 30.2. The number of carbonyl (C=O) groups is 2. The molecule has 0 heterocycles. The van der Waals surface area contributed by atoms with E-state index in [1.807, 2.05) is 102 Å². The lowest BCUT2D eigenvalue weighted by atomic mass is 10.0. The van der Waals surface area contributed by atoms with Gasteiger partial charge < -0.3 is 10.2 Å². The first-order chi connectivity index (χ1) is 21.6. The van der Waals surface area contributed by atoms with E-state index in [1.54, 1.807) is 36.4 Å². The summed E-state index contributed by atoms with van der Waals surface area (Å²) < 4.78 is 30.6. The van der Waals surface area contributed by atoms with Crippen LogP contribution in [-0.4, -0.2) is 43.3 Å². The number of nitrogens with one attached hydrogen (secondary N) is 1. The quantitative estimate of drug-likeness (QED) is 0.180. The highest BCUT2D eigenvalue weighted by molar-refractivity contribution is 9.10. The molecule has 4 rings (SSSR count). The maximum absolute atomic E-state index is 14.6. The van der Waals surface area contributed by atoms with E-state index in [1.165, 1.54) is 4.90 Å². The molecule has 7 nitrogen and oxygen atoms in total. The number of amides is 2. The summed E-state index contributed by atoms with van der Waals surface area (Å²) in [6.07, 6.45) is 0.249. The number of benzene rings is 4. The molecule has 0 spiro atoms. The Hall–Kier alpha value is -3.95. The number of hydrogen-bond acceptors (Lipinski definition) is 4. The maximum atomic E-state index is 14.6. The molecule has 9 heteroatoms. The standard InChI is InChI=1S/C37H42BrN3O4S/c1-26-12-18-33(19-13-26)46(44,45)41(32-21-27(2)20-28(3)22-32)25-35(42)40(24-30-14-16-31(38)17-15-30)34(36(43)39-37(4,5)6)23-29-10-8-7-9-11-29/h7-22,34H,23-25H2,1-6H3,(H,39,43). The van der Waals surface area contributed by atoms with E-state index in [4.69, 9.17) is 0 Å². The Labute approximate surface area is 281 Å². The van der Waals surface area contributed by atoms with Gasteiger partial charge in [-0.05, 0) is 100 Å². The van der Waals surface area contributed by atoms with Crippen LogP contribution in [0.15, 0.2) is 106 Å². The van der Waals surface area contributed by atoms with Gasteiger partial charge >= 0.3 is 0 Å². The number of anilines is 1. The molecule has 1 atom stereocenters. The zero-order valence-corrected chi connectivity index (χ0v) is 29.7. The Morgan fingerprint density at radius 2 is 1.37 bits per heavy atom. The van der Waals surface area contributed by atoms with Crippen molar-refractivity contribution in [3.8, 4) is 0 Å². The number of aryl methyl sites for hydroxylation is 3. The van der Waals surface area contributed by atoms with Crippen molar-refractivity contribution >= 4 is 43.5 Å². The van der Waals surface area contributed by atoms with Gasteiger partial charge in [0.1, 0.15) is 12.6 Å². The smallest absolute Gasteiger partial charge is 0.264 e. The van der Waals surface area contributed by atoms with Gasteiger partial charge in [0.25, 0.3) is 10.0 Å². The number of sulfonamides is 1. The molecule has 0 fully saturated rings. The summed E-state index contributed by atoms with van der Waals surface area (Å²) >= 11 is 3.47. The van der Waals surface area contributed by atoms with E-state index in [0.717, 1.165) is 36.6 Å². The first-order valence-corrected chi connectivity index (χ1v) is 17.4. The number of nitrogens with zero attached hydrogens (tertiary/aromatic N) is 2. The minimum absolute atomic E-state index is 0.0795. The Morgan fingerprint density at radius 1 is 0.783 bits per heavy atom. The molecule has 2 amide bonds. The molecule has 0 radical (unpaired) electrons. The summed E-state index contributed by atoms with van der Waals surface area (Å²) in [7, 11) is -4.17. The van der Waals surface area contributed by atoms with Gasteiger partial charge in [-0.3, -0.25) is 13.9 Å². The van der Waals surface area contributed by atoms with Crippen molar-refractivity contribution in [3.05, 3.63) is 129 Å². The molecule has 46 heavy (non-hydrogen) atoms. The summed E-state index contributed by atoms with van der Waals surface area (Å²) in [5.74, 6) is -0.816. The van der Waals surface area contributed by atoms with Gasteiger partial charge in [-0.25, -0.2) is 8.42 Å². The largest absolute Gasteiger partial charge is 0.350 e. The first kappa shape index (κ1) is 34.9. The molecule has 0 aromatic heterocycles. The van der Waals surface area contributed by atoms with Crippen molar-refractivity contribution < 1.29 is 18.0 Å². The fourth-order valence-electron chi connectivity index (χ4n) is 5.25. The minimum atomic E-state index is -4.17. The molecule has 0 aliphatic heterocycles. The van der Waals surface area contributed by atoms with Crippen LogP contribution in [0.2, 0.25) is 0 Å². The predicted molar refractivity (Wildman–Crippen MR) is 188 cm³/mol. The van der Waals surface area contributed by atoms with E-state index in [0.29, 0.717) is 5.69 Å². The summed E-state index contributed by atoms with van der Waals surface area (Å²) in [5, 5.41) is 3.06. The number of rotatable bonds is 11. The van der Waals surface area contributed by atoms with Gasteiger partial charge in [0.05, 0.1) is 10.6 Å². The SMILES string of the molecule is Cc1ccc(S(=O)(=O)N(CC(=O)N(Cc2ccc(Br)cc2)C(Cc2ccccc2)C(=O)NC(C)(C)C)c2cc(C)cc(C)c2)cc1. The van der Waals surface area contributed by atoms with Crippen LogP contribution in [-0.2, 0) is 32.6 Å². The number of hydrogen-bond donors (Lipinski definition) is 1. The van der Waals surface area contributed by atoms with Crippen molar-refractivity contribution in [2.75, 3.05) is 10.8 Å². The Bertz CT molecular complexity index is 1750. The first-order valence-electron chi connectivity index (χ1n) is 15.2. The molecule has 1 N–H and O–H groups in total. The zero-order valence-electron chi connectivity index (χ0n) is 27.2. The van der Waals surface area contributed by atoms with Crippen LogP contribution in [0.3, 0.4) is 0 Å². The molecule has 0 aliphatic carbocycles. The van der Waals surface area contributed by atoms with E-state index in [9.17, 15) is 18.0 Å². The Morgan fingerprint density at radius 3 is 1.93 bits per heavy atom. The third-order valence-electron chi connectivity index (χ3n) is 7.42. The highest BCUT2D eigenvalue weighted by Crippen LogP contribution is 2.27. The van der Waals surface area contributed by atoms with Gasteiger partial charge in [-0.1, -0.05) is 82.2 Å². The summed E-state index contributed by atoms with van der Waals surface area (Å²) in [6, 6.07) is 28.2. The van der Waals surface area contributed by atoms with Crippen molar-refractivity contribution in [2.45, 2.75) is 71.0 Å². The lowest BCUT2D eigenvalue weighted by Gasteiger charge is -2.35. The van der Waals surface area contributed by atoms with E-state index in [2.05, 4.69) is 21.2 Å². The molecule has 0 aliphatic rings. The van der Waals surface area contributed by atoms with Crippen LogP contribution in [0, 0.1) is 20.8 Å². The molecule has 4 aromatic rings. The molecule has 4 aromatic carbocycles. The topological polar surface area (TPSA) is 86.8 Å². The highest BCUT2D eigenvalue weighted by Gasteiger charge is 2.35. The van der Waals surface area contributed by atoms with Crippen molar-refractivity contribution in [3.63, 3.8) is 0 Å². The molecule has 0 saturated carbocycles. The van der Waals surface area contributed by atoms with Crippen LogP contribution in [0.5, 0.6) is 0 Å². The highest BCUT2D eigenvalue weighted by atomic mass is 79.9. The van der Waals surface area contributed by atoms with Gasteiger partial charge in [-0.2, -0.15) is 0 Å². The van der Waals surface area contributed by atoms with Crippen molar-refractivity contribution in [1.82, 2.24) is 10.2 Å². The second-order valence-corrected chi connectivity index (χ2v) is 15.5. The normalized spacial score (nSPS) is 12.3.